The minimum Gasteiger partial charge on any atom is -0.449 e. The molecule has 9 nitrogen and oxygen atoms in total. The van der Waals surface area contributed by atoms with Gasteiger partial charge in [-0.3, -0.25) is 4.79 Å². The molecule has 3 rings (SSSR count). The van der Waals surface area contributed by atoms with Crippen LogP contribution in [0.15, 0.2) is 12.2 Å². The molecule has 1 saturated carbocycles. The minimum absolute atomic E-state index is 0.0770. The number of alkyl carbamates (subject to hydrolysis) is 1. The van der Waals surface area contributed by atoms with Crippen LogP contribution in [-0.2, 0) is 28.5 Å². The van der Waals surface area contributed by atoms with Crippen molar-refractivity contribution in [2.45, 2.75) is 32.1 Å². The number of hydrogen-bond acceptors (Lipinski definition) is 8. The Hall–Kier alpha value is -2.81. The predicted molar refractivity (Wildman–Crippen MR) is 137 cm³/mol. The third-order valence-corrected chi connectivity index (χ3v) is 6.88. The topological polar surface area (TPSA) is 102 Å². The number of esters is 1. The fraction of sp³-hybridized carbons (Fsp3) is 0.643. The van der Waals surface area contributed by atoms with Gasteiger partial charge in [0.1, 0.15) is 0 Å². The van der Waals surface area contributed by atoms with E-state index in [0.717, 1.165) is 12.8 Å². The van der Waals surface area contributed by atoms with Crippen molar-refractivity contribution in [3.05, 3.63) is 41.2 Å². The zero-order valence-electron chi connectivity index (χ0n) is 23.1. The van der Waals surface area contributed by atoms with Gasteiger partial charge < -0.3 is 33.7 Å². The summed E-state index contributed by atoms with van der Waals surface area (Å²) >= 11 is 0. The average molecular weight is 610 g/mol. The van der Waals surface area contributed by atoms with Crippen molar-refractivity contribution in [2.75, 3.05) is 66.0 Å². The van der Waals surface area contributed by atoms with Crippen LogP contribution in [0, 0.1) is 46.8 Å². The first-order valence-electron chi connectivity index (χ1n) is 13.9. The Balaban J connectivity index is 1.07. The summed E-state index contributed by atoms with van der Waals surface area (Å²) in [6.45, 7) is 2.35. The van der Waals surface area contributed by atoms with Crippen LogP contribution >= 0.6 is 0 Å². The summed E-state index contributed by atoms with van der Waals surface area (Å²) in [4.78, 5) is 23.5. The van der Waals surface area contributed by atoms with E-state index in [-0.39, 0.29) is 26.4 Å². The Bertz CT molecular complexity index is 1010. The first kappa shape index (κ1) is 33.7. The Kier molecular flexibility index (Phi) is 14.4. The van der Waals surface area contributed by atoms with Gasteiger partial charge in [0.25, 0.3) is 0 Å². The van der Waals surface area contributed by atoms with E-state index < -0.39 is 53.3 Å². The normalized spacial score (nSPS) is 19.5. The molecule has 1 fully saturated rings. The molecule has 2 aliphatic carbocycles. The lowest BCUT2D eigenvalue weighted by atomic mass is 10.1. The first-order valence-corrected chi connectivity index (χ1v) is 13.9. The highest BCUT2D eigenvalue weighted by Gasteiger charge is 2.49. The van der Waals surface area contributed by atoms with Gasteiger partial charge in [-0.1, -0.05) is 12.2 Å². The molecule has 0 saturated heterocycles. The molecule has 0 heterocycles. The Morgan fingerprint density at radius 3 is 1.71 bits per heavy atom. The van der Waals surface area contributed by atoms with E-state index in [1.165, 1.54) is 12.8 Å². The summed E-state index contributed by atoms with van der Waals surface area (Å²) in [7, 11) is 0. The second-order valence-electron chi connectivity index (χ2n) is 9.72. The SMILES string of the molecule is O=C(CCOCCOCCOCCOCCNC(=O)OCC1C2CCC=CCCC21)Oc1c(F)c(F)c(F)c(F)c1F. The summed E-state index contributed by atoms with van der Waals surface area (Å²) in [5.74, 6) is -12.3. The van der Waals surface area contributed by atoms with Crippen molar-refractivity contribution in [2.24, 2.45) is 17.8 Å². The molecule has 2 atom stereocenters. The quantitative estimate of drug-likeness (QED) is 0.0496. The summed E-state index contributed by atoms with van der Waals surface area (Å²) in [6, 6.07) is 0. The highest BCUT2D eigenvalue weighted by Crippen LogP contribution is 2.52. The van der Waals surface area contributed by atoms with Crippen LogP contribution in [0.4, 0.5) is 26.7 Å². The van der Waals surface area contributed by atoms with Gasteiger partial charge in [0.2, 0.25) is 34.8 Å². The Labute approximate surface area is 240 Å². The van der Waals surface area contributed by atoms with Crippen LogP contribution in [0.1, 0.15) is 32.1 Å². The fourth-order valence-electron chi connectivity index (χ4n) is 4.65. The number of ether oxygens (including phenoxy) is 6. The molecular formula is C28H36F5NO8. The maximum absolute atomic E-state index is 13.5. The zero-order valence-corrected chi connectivity index (χ0v) is 23.1. The van der Waals surface area contributed by atoms with Gasteiger partial charge in [0.05, 0.1) is 65.9 Å². The van der Waals surface area contributed by atoms with Crippen molar-refractivity contribution in [3.63, 3.8) is 0 Å². The van der Waals surface area contributed by atoms with E-state index >= 15 is 0 Å². The molecule has 42 heavy (non-hydrogen) atoms. The lowest BCUT2D eigenvalue weighted by Gasteiger charge is -2.09. The predicted octanol–water partition coefficient (Wildman–Crippen LogP) is 4.46. The molecule has 0 bridgehead atoms. The van der Waals surface area contributed by atoms with Gasteiger partial charge >= 0.3 is 12.1 Å². The molecule has 0 radical (unpaired) electrons. The summed E-state index contributed by atoms with van der Waals surface area (Å²) in [5.41, 5.74) is 0. The number of carbonyl (C=O) groups excluding carboxylic acids is 2. The lowest BCUT2D eigenvalue weighted by Crippen LogP contribution is -2.29. The number of halogens is 5. The number of amides is 1. The maximum atomic E-state index is 13.5. The third kappa shape index (κ3) is 10.8. The van der Waals surface area contributed by atoms with E-state index in [1.54, 1.807) is 0 Å². The second-order valence-corrected chi connectivity index (χ2v) is 9.72. The molecule has 1 amide bonds. The molecule has 1 N–H and O–H groups in total. The van der Waals surface area contributed by atoms with Crippen LogP contribution in [0.3, 0.4) is 0 Å². The van der Waals surface area contributed by atoms with Gasteiger partial charge in [0, 0.05) is 6.54 Å². The van der Waals surface area contributed by atoms with Gasteiger partial charge in [-0.15, -0.1) is 0 Å². The number of hydrogen-bond donors (Lipinski definition) is 1. The van der Waals surface area contributed by atoms with Crippen LogP contribution in [0.2, 0.25) is 0 Å². The zero-order chi connectivity index (χ0) is 30.3. The monoisotopic (exact) mass is 609 g/mol. The van der Waals surface area contributed by atoms with Gasteiger partial charge in [0.15, 0.2) is 0 Å². The first-order chi connectivity index (χ1) is 20.3. The van der Waals surface area contributed by atoms with Crippen molar-refractivity contribution >= 4 is 12.1 Å². The molecule has 1 aromatic carbocycles. The van der Waals surface area contributed by atoms with E-state index in [1.807, 2.05) is 0 Å². The number of allylic oxidation sites excluding steroid dienone is 2. The van der Waals surface area contributed by atoms with Crippen molar-refractivity contribution in [3.8, 4) is 5.75 Å². The van der Waals surface area contributed by atoms with Crippen LogP contribution < -0.4 is 10.1 Å². The van der Waals surface area contributed by atoms with E-state index in [9.17, 15) is 31.5 Å². The highest BCUT2D eigenvalue weighted by molar-refractivity contribution is 5.72. The lowest BCUT2D eigenvalue weighted by molar-refractivity contribution is -0.136. The minimum atomic E-state index is -2.35. The molecule has 0 spiro atoms. The van der Waals surface area contributed by atoms with Gasteiger partial charge in [-0.25, -0.2) is 18.0 Å². The van der Waals surface area contributed by atoms with E-state index in [2.05, 4.69) is 22.2 Å². The molecular weight excluding hydrogens is 573 g/mol. The highest BCUT2D eigenvalue weighted by atomic mass is 19.2. The smallest absolute Gasteiger partial charge is 0.407 e. The van der Waals surface area contributed by atoms with Crippen molar-refractivity contribution in [1.29, 1.82) is 0 Å². The van der Waals surface area contributed by atoms with Crippen molar-refractivity contribution in [1.82, 2.24) is 5.32 Å². The van der Waals surface area contributed by atoms with Crippen molar-refractivity contribution < 1.29 is 60.0 Å². The number of benzene rings is 1. The Morgan fingerprint density at radius 2 is 1.17 bits per heavy atom. The Morgan fingerprint density at radius 1 is 0.690 bits per heavy atom. The fourth-order valence-corrected chi connectivity index (χ4v) is 4.65. The van der Waals surface area contributed by atoms with Gasteiger partial charge in [-0.05, 0) is 43.4 Å². The molecule has 0 aliphatic heterocycles. The van der Waals surface area contributed by atoms with Crippen LogP contribution in [-0.4, -0.2) is 78.1 Å². The standard InChI is InChI=1S/C28H36F5NO8/c29-22-23(30)25(32)27(26(33)24(22)31)42-21(35)7-9-37-11-13-39-15-16-40-14-12-38-10-8-34-28(36)41-17-20-18-5-3-1-2-4-6-19(18)20/h1-2,18-20H,3-17H2,(H,34,36). The summed E-state index contributed by atoms with van der Waals surface area (Å²) in [5, 5.41) is 2.67. The largest absolute Gasteiger partial charge is 0.449 e. The maximum Gasteiger partial charge on any atom is 0.407 e. The summed E-state index contributed by atoms with van der Waals surface area (Å²) in [6.07, 6.45) is 8.10. The average Bonchev–Trinajstić information content (AvgIpc) is 3.62. The molecule has 2 aliphatic rings. The number of nitrogens with one attached hydrogen (secondary N) is 1. The molecule has 1 aromatic rings. The van der Waals surface area contributed by atoms with Crippen LogP contribution in [0.25, 0.3) is 0 Å². The third-order valence-electron chi connectivity index (χ3n) is 6.88. The molecule has 14 heteroatoms. The summed E-state index contributed by atoms with van der Waals surface area (Å²) < 4.78 is 97.0. The molecule has 2 unspecified atom stereocenters. The molecule has 0 aromatic heterocycles. The number of rotatable bonds is 18. The van der Waals surface area contributed by atoms with Gasteiger partial charge in [-0.2, -0.15) is 8.78 Å². The second kappa shape index (κ2) is 18.0. The van der Waals surface area contributed by atoms with E-state index in [4.69, 9.17) is 23.7 Å². The van der Waals surface area contributed by atoms with E-state index in [0.29, 0.717) is 57.3 Å². The van der Waals surface area contributed by atoms with Crippen LogP contribution in [0.5, 0.6) is 5.75 Å². The number of carbonyl (C=O) groups is 2. The molecule has 236 valence electrons. The number of fused-ring (bicyclic) bond motifs is 1.